The molecule has 0 aliphatic heterocycles. The first-order valence-electron chi connectivity index (χ1n) is 8.38. The molecular weight excluding hydrogens is 300 g/mol. The van der Waals surface area contributed by atoms with Crippen molar-refractivity contribution >= 4 is 22.7 Å². The van der Waals surface area contributed by atoms with Gasteiger partial charge in [-0.1, -0.05) is 38.1 Å². The molecule has 0 unspecified atom stereocenters. The molecule has 0 aliphatic carbocycles. The molecule has 0 aliphatic rings. The number of nitrogens with zero attached hydrogens (tertiary/aromatic N) is 2. The van der Waals surface area contributed by atoms with Crippen LogP contribution in [0.25, 0.3) is 11.0 Å². The lowest BCUT2D eigenvalue weighted by Crippen LogP contribution is -2.22. The highest BCUT2D eigenvalue weighted by molar-refractivity contribution is 5.79. The molecule has 0 amide bonds. The van der Waals surface area contributed by atoms with E-state index >= 15 is 0 Å². The third-order valence-electron chi connectivity index (χ3n) is 4.39. The van der Waals surface area contributed by atoms with E-state index in [1.165, 1.54) is 0 Å². The number of nitrogens with one attached hydrogen (secondary N) is 2. The molecule has 0 spiro atoms. The minimum atomic E-state index is 0.294. The Balaban J connectivity index is 1.91. The second kappa shape index (κ2) is 6.93. The van der Waals surface area contributed by atoms with E-state index in [4.69, 9.17) is 0 Å². The van der Waals surface area contributed by atoms with E-state index in [1.807, 2.05) is 43.3 Å². The monoisotopic (exact) mass is 324 g/mol. The predicted octanol–water partition coefficient (Wildman–Crippen LogP) is 4.16. The highest BCUT2D eigenvalue weighted by Crippen LogP contribution is 2.34. The number of para-hydroxylation sites is 2. The van der Waals surface area contributed by atoms with Crippen molar-refractivity contribution in [2.24, 2.45) is 0 Å². The van der Waals surface area contributed by atoms with Crippen molar-refractivity contribution in [1.29, 1.82) is 0 Å². The van der Waals surface area contributed by atoms with Crippen LogP contribution in [0.5, 0.6) is 5.75 Å². The van der Waals surface area contributed by atoms with Crippen LogP contribution in [0, 0.1) is 6.92 Å². The van der Waals surface area contributed by atoms with Gasteiger partial charge in [0.2, 0.25) is 5.95 Å². The first kappa shape index (κ1) is 16.3. The highest BCUT2D eigenvalue weighted by atomic mass is 16.3. The van der Waals surface area contributed by atoms with E-state index in [0.29, 0.717) is 17.4 Å². The van der Waals surface area contributed by atoms with Gasteiger partial charge in [0.15, 0.2) is 0 Å². The number of phenolic OH excluding ortho intramolecular Hbond substituents is 1. The lowest BCUT2D eigenvalue weighted by molar-refractivity contribution is 0.291. The van der Waals surface area contributed by atoms with Gasteiger partial charge in [0.25, 0.3) is 0 Å². The van der Waals surface area contributed by atoms with Crippen molar-refractivity contribution in [1.82, 2.24) is 14.9 Å². The van der Waals surface area contributed by atoms with Gasteiger partial charge in [-0.15, -0.1) is 0 Å². The van der Waals surface area contributed by atoms with Crippen molar-refractivity contribution in [3.05, 3.63) is 47.5 Å². The molecule has 1 heterocycles. The number of benzene rings is 2. The van der Waals surface area contributed by atoms with Crippen LogP contribution in [0.15, 0.2) is 36.4 Å². The minimum Gasteiger partial charge on any atom is -0.505 e. The number of H-pyrrole nitrogens is 1. The molecule has 0 radical (unpaired) electrons. The smallest absolute Gasteiger partial charge is 0.205 e. The first-order chi connectivity index (χ1) is 11.6. The van der Waals surface area contributed by atoms with E-state index in [1.54, 1.807) is 0 Å². The molecule has 24 heavy (non-hydrogen) atoms. The molecule has 3 N–H and O–H groups in total. The zero-order chi connectivity index (χ0) is 17.1. The molecule has 0 atom stereocenters. The topological polar surface area (TPSA) is 64.2 Å². The molecule has 126 valence electrons. The van der Waals surface area contributed by atoms with Gasteiger partial charge in [-0.25, -0.2) is 4.98 Å². The molecule has 1 aromatic heterocycles. The number of hydrogen-bond donors (Lipinski definition) is 3. The predicted molar refractivity (Wildman–Crippen MR) is 98.8 cm³/mol. The quantitative estimate of drug-likeness (QED) is 0.596. The Morgan fingerprint density at radius 3 is 2.58 bits per heavy atom. The van der Waals surface area contributed by atoms with Crippen LogP contribution >= 0.6 is 0 Å². The standard InChI is InChI=1S/C19H24N4O/c1-4-23(5-2)12-14-11-10-13(3)17(18(14)24)22-19-20-15-8-6-7-9-16(15)21-19/h6-11,24H,4-5,12H2,1-3H3,(H2,20,21,22). The average molecular weight is 324 g/mol. The first-order valence-corrected chi connectivity index (χ1v) is 8.38. The zero-order valence-electron chi connectivity index (χ0n) is 14.4. The van der Waals surface area contributed by atoms with E-state index < -0.39 is 0 Å². The number of aromatic hydroxyl groups is 1. The Kier molecular flexibility index (Phi) is 4.71. The van der Waals surface area contributed by atoms with Crippen LogP contribution < -0.4 is 5.32 Å². The molecule has 0 saturated heterocycles. The normalized spacial score (nSPS) is 11.3. The lowest BCUT2D eigenvalue weighted by atomic mass is 10.1. The Morgan fingerprint density at radius 1 is 1.12 bits per heavy atom. The molecule has 3 rings (SSSR count). The fourth-order valence-electron chi connectivity index (χ4n) is 2.84. The van der Waals surface area contributed by atoms with Crippen LogP contribution in [-0.4, -0.2) is 33.1 Å². The maximum atomic E-state index is 10.7. The van der Waals surface area contributed by atoms with Crippen molar-refractivity contribution in [3.8, 4) is 5.75 Å². The number of aromatic nitrogens is 2. The molecule has 0 saturated carbocycles. The minimum absolute atomic E-state index is 0.294. The van der Waals surface area contributed by atoms with Crippen molar-refractivity contribution in [2.45, 2.75) is 27.3 Å². The molecule has 5 nitrogen and oxygen atoms in total. The van der Waals surface area contributed by atoms with Crippen molar-refractivity contribution in [2.75, 3.05) is 18.4 Å². The molecular formula is C19H24N4O. The fraction of sp³-hybridized carbons (Fsp3) is 0.316. The van der Waals surface area contributed by atoms with Crippen LogP contribution in [-0.2, 0) is 6.54 Å². The van der Waals surface area contributed by atoms with Crippen molar-refractivity contribution in [3.63, 3.8) is 0 Å². The van der Waals surface area contributed by atoms with Crippen LogP contribution in [0.1, 0.15) is 25.0 Å². The van der Waals surface area contributed by atoms with Gasteiger partial charge in [0.1, 0.15) is 5.75 Å². The van der Waals surface area contributed by atoms with Crippen LogP contribution in [0.3, 0.4) is 0 Å². The number of aromatic amines is 1. The number of aryl methyl sites for hydroxylation is 1. The Bertz CT molecular complexity index is 803. The van der Waals surface area contributed by atoms with Gasteiger partial charge in [-0.05, 0) is 37.7 Å². The van der Waals surface area contributed by atoms with Gasteiger partial charge in [0, 0.05) is 12.1 Å². The second-order valence-electron chi connectivity index (χ2n) is 5.95. The lowest BCUT2D eigenvalue weighted by Gasteiger charge is -2.20. The summed E-state index contributed by atoms with van der Waals surface area (Å²) < 4.78 is 0. The molecule has 0 bridgehead atoms. The van der Waals surface area contributed by atoms with E-state index in [9.17, 15) is 5.11 Å². The summed E-state index contributed by atoms with van der Waals surface area (Å²) in [6.07, 6.45) is 0. The summed E-state index contributed by atoms with van der Waals surface area (Å²) in [6, 6.07) is 11.9. The van der Waals surface area contributed by atoms with Crippen LogP contribution in [0.2, 0.25) is 0 Å². The zero-order valence-corrected chi connectivity index (χ0v) is 14.4. The number of imidazole rings is 1. The Morgan fingerprint density at radius 2 is 1.88 bits per heavy atom. The number of hydrogen-bond acceptors (Lipinski definition) is 4. The Hall–Kier alpha value is -2.53. The van der Waals surface area contributed by atoms with Crippen LogP contribution in [0.4, 0.5) is 11.6 Å². The van der Waals surface area contributed by atoms with E-state index in [-0.39, 0.29) is 0 Å². The number of fused-ring (bicyclic) bond motifs is 1. The van der Waals surface area contributed by atoms with Gasteiger partial charge in [-0.2, -0.15) is 0 Å². The SMILES string of the molecule is CCN(CC)Cc1ccc(C)c(Nc2nc3ccccc3[nH]2)c1O. The molecule has 0 fully saturated rings. The summed E-state index contributed by atoms with van der Waals surface area (Å²) in [7, 11) is 0. The third-order valence-corrected chi connectivity index (χ3v) is 4.39. The summed E-state index contributed by atoms with van der Waals surface area (Å²) in [5.74, 6) is 0.928. The van der Waals surface area contributed by atoms with Crippen molar-refractivity contribution < 1.29 is 5.11 Å². The van der Waals surface area contributed by atoms with E-state index in [0.717, 1.165) is 41.8 Å². The largest absolute Gasteiger partial charge is 0.505 e. The molecule has 3 aromatic rings. The number of phenols is 1. The third kappa shape index (κ3) is 3.21. The number of rotatable bonds is 6. The Labute approximate surface area is 142 Å². The van der Waals surface area contributed by atoms with Gasteiger partial charge < -0.3 is 15.4 Å². The summed E-state index contributed by atoms with van der Waals surface area (Å²) >= 11 is 0. The maximum Gasteiger partial charge on any atom is 0.205 e. The van der Waals surface area contributed by atoms with E-state index in [2.05, 4.69) is 34.0 Å². The second-order valence-corrected chi connectivity index (χ2v) is 5.95. The average Bonchev–Trinajstić information content (AvgIpc) is 3.00. The highest BCUT2D eigenvalue weighted by Gasteiger charge is 2.14. The summed E-state index contributed by atoms with van der Waals surface area (Å²) in [6.45, 7) is 8.87. The summed E-state index contributed by atoms with van der Waals surface area (Å²) in [5.41, 5.74) is 4.48. The fourth-order valence-corrected chi connectivity index (χ4v) is 2.84. The summed E-state index contributed by atoms with van der Waals surface area (Å²) in [5, 5.41) is 14.0. The van der Waals surface area contributed by atoms with Gasteiger partial charge in [0.05, 0.1) is 16.7 Å². The molecule has 2 aromatic carbocycles. The summed E-state index contributed by atoms with van der Waals surface area (Å²) in [4.78, 5) is 10.0. The maximum absolute atomic E-state index is 10.7. The number of anilines is 2. The van der Waals surface area contributed by atoms with Gasteiger partial charge in [-0.3, -0.25) is 4.90 Å². The molecule has 5 heteroatoms. The van der Waals surface area contributed by atoms with Gasteiger partial charge >= 0.3 is 0 Å².